The summed E-state index contributed by atoms with van der Waals surface area (Å²) in [5, 5.41) is 7.22. The van der Waals surface area contributed by atoms with Crippen molar-refractivity contribution < 1.29 is 31.1 Å². The summed E-state index contributed by atoms with van der Waals surface area (Å²) in [6, 6.07) is 74.8. The minimum Gasteiger partial charge on any atom is -0.350 e. The molecule has 0 saturated heterocycles. The van der Waals surface area contributed by atoms with Gasteiger partial charge in [-0.25, -0.2) is 26.1 Å². The van der Waals surface area contributed by atoms with Crippen LogP contribution in [0.2, 0.25) is 0 Å². The molecule has 4 nitrogen and oxygen atoms in total. The Balaban J connectivity index is 0.00000408. The Morgan fingerprint density at radius 3 is 1.66 bits per heavy atom. The van der Waals surface area contributed by atoms with Crippen LogP contribution >= 0.6 is 0 Å². The summed E-state index contributed by atoms with van der Waals surface area (Å²) in [4.78, 5) is 14.9. The molecule has 0 aliphatic carbocycles. The van der Waals surface area contributed by atoms with Crippen LogP contribution in [0.1, 0.15) is 0 Å². The van der Waals surface area contributed by atoms with Crippen molar-refractivity contribution in [3.05, 3.63) is 206 Å². The number of hydrogen-bond acceptors (Lipinski definition) is 3. The first-order chi connectivity index (χ1) is 28.2. The first-order valence-corrected chi connectivity index (χ1v) is 19.1. The standard InChI is InChI=1S/C53H32N4.U/c1-3-14-38(15-4-1)47-34-48-45-20-11-12-22-49(45)57(50(48)46-21-10-9-19-44(46)47)43-31-29-37(30-32-43)36-23-26-40(27-24-36)52-54-51(39-16-5-2-6-17-39)55-53(56-52)42-28-25-35-13-7-8-18-41(35)33-42;/h1-23,25-29,31-34H;/q-2;+2. The third-order valence-electron chi connectivity index (χ3n) is 10.9. The fourth-order valence-corrected chi connectivity index (χ4v) is 8.08. The molecule has 9 aromatic carbocycles. The van der Waals surface area contributed by atoms with E-state index in [0.29, 0.717) is 17.5 Å². The fourth-order valence-electron chi connectivity index (χ4n) is 8.08. The molecule has 0 amide bonds. The van der Waals surface area contributed by atoms with E-state index in [0.717, 1.165) is 44.4 Å². The zero-order valence-electron chi connectivity index (χ0n) is 31.3. The summed E-state index contributed by atoms with van der Waals surface area (Å²) in [7, 11) is 0. The van der Waals surface area contributed by atoms with E-state index in [1.54, 1.807) is 0 Å². The van der Waals surface area contributed by atoms with Crippen LogP contribution in [0.4, 0.5) is 0 Å². The van der Waals surface area contributed by atoms with Gasteiger partial charge in [0.25, 0.3) is 0 Å². The number of fused-ring (bicyclic) bond motifs is 6. The molecule has 0 aliphatic rings. The van der Waals surface area contributed by atoms with Gasteiger partial charge in [-0.05, 0) is 51.2 Å². The van der Waals surface area contributed by atoms with E-state index in [-0.39, 0.29) is 31.1 Å². The van der Waals surface area contributed by atoms with E-state index in [9.17, 15) is 0 Å². The molecule has 5 heteroatoms. The van der Waals surface area contributed by atoms with Gasteiger partial charge in [-0.15, -0.1) is 24.3 Å². The number of hydrogen-bond donors (Lipinski definition) is 0. The summed E-state index contributed by atoms with van der Waals surface area (Å²) in [6.07, 6.45) is 0. The van der Waals surface area contributed by atoms with Crippen molar-refractivity contribution >= 4 is 43.4 Å². The normalized spacial score (nSPS) is 11.3. The maximum atomic E-state index is 4.99. The summed E-state index contributed by atoms with van der Waals surface area (Å²) in [6.45, 7) is 0. The molecule has 0 bridgehead atoms. The Kier molecular flexibility index (Phi) is 9.26. The SMILES string of the molecule is [U+2].[c-]1cc(-c2nc(-c3ccccc3)nc(-c3ccc4ccccc4c3)n2)ccc1-c1[c-]cc(-n2c3ccccc3c3cc(-c4ccccc4)c4ccccc4c32)cc1. The Morgan fingerprint density at radius 1 is 0.379 bits per heavy atom. The van der Waals surface area contributed by atoms with Crippen LogP contribution in [-0.4, -0.2) is 19.5 Å². The molecular weight excluding hydrogens is 931 g/mol. The number of rotatable bonds is 6. The molecule has 0 aliphatic heterocycles. The van der Waals surface area contributed by atoms with Crippen molar-refractivity contribution in [3.63, 3.8) is 0 Å². The van der Waals surface area contributed by atoms with Gasteiger partial charge < -0.3 is 4.57 Å². The predicted octanol–water partition coefficient (Wildman–Crippen LogP) is 13.2. The van der Waals surface area contributed by atoms with Crippen molar-refractivity contribution in [2.45, 2.75) is 0 Å². The molecule has 0 unspecified atom stereocenters. The van der Waals surface area contributed by atoms with Gasteiger partial charge in [-0.1, -0.05) is 145 Å². The Labute approximate surface area is 359 Å². The zero-order valence-corrected chi connectivity index (χ0v) is 35.4. The van der Waals surface area contributed by atoms with Crippen molar-refractivity contribution in [2.24, 2.45) is 0 Å². The zero-order chi connectivity index (χ0) is 37.7. The minimum absolute atomic E-state index is 0. The van der Waals surface area contributed by atoms with Crippen LogP contribution in [0.5, 0.6) is 0 Å². The van der Waals surface area contributed by atoms with E-state index in [4.69, 9.17) is 15.0 Å². The molecule has 0 radical (unpaired) electrons. The van der Waals surface area contributed by atoms with Gasteiger partial charge in [0, 0.05) is 32.8 Å². The largest absolute Gasteiger partial charge is 2.00 e. The molecule has 11 aromatic rings. The van der Waals surface area contributed by atoms with Gasteiger partial charge in [0.15, 0.2) is 11.6 Å². The fraction of sp³-hybridized carbons (Fsp3) is 0. The van der Waals surface area contributed by atoms with E-state index in [1.165, 1.54) is 43.6 Å². The predicted molar refractivity (Wildman–Crippen MR) is 234 cm³/mol. The van der Waals surface area contributed by atoms with E-state index >= 15 is 0 Å². The minimum atomic E-state index is 0. The van der Waals surface area contributed by atoms with Gasteiger partial charge in [0.05, 0.1) is 5.52 Å². The van der Waals surface area contributed by atoms with E-state index in [2.05, 4.69) is 174 Å². The van der Waals surface area contributed by atoms with E-state index in [1.807, 2.05) is 36.4 Å². The van der Waals surface area contributed by atoms with Crippen LogP contribution < -0.4 is 0 Å². The first-order valence-electron chi connectivity index (χ1n) is 19.1. The monoisotopic (exact) mass is 962 g/mol. The van der Waals surface area contributed by atoms with Gasteiger partial charge in [0.1, 0.15) is 5.82 Å². The number of nitrogens with zero attached hydrogens (tertiary/aromatic N) is 4. The molecule has 11 rings (SSSR count). The second-order valence-corrected chi connectivity index (χ2v) is 14.3. The maximum absolute atomic E-state index is 4.99. The van der Waals surface area contributed by atoms with Crippen molar-refractivity contribution in [1.29, 1.82) is 0 Å². The molecule has 268 valence electrons. The van der Waals surface area contributed by atoms with Crippen LogP contribution in [0.25, 0.3) is 105 Å². The van der Waals surface area contributed by atoms with Crippen molar-refractivity contribution in [3.8, 4) is 62.1 Å². The molecule has 0 spiro atoms. The van der Waals surface area contributed by atoms with Gasteiger partial charge in [-0.3, -0.25) is 0 Å². The summed E-state index contributed by atoms with van der Waals surface area (Å²) < 4.78 is 2.38. The van der Waals surface area contributed by atoms with Crippen LogP contribution in [-0.2, 0) is 0 Å². The Morgan fingerprint density at radius 2 is 0.948 bits per heavy atom. The molecule has 58 heavy (non-hydrogen) atoms. The topological polar surface area (TPSA) is 43.6 Å². The summed E-state index contributed by atoms with van der Waals surface area (Å²) >= 11 is 0. The molecular formula is C53H32N4U. The third kappa shape index (κ3) is 6.30. The maximum Gasteiger partial charge on any atom is 2.00 e. The molecule has 0 N–H and O–H groups in total. The Bertz CT molecular complexity index is 3270. The number of aromatic nitrogens is 4. The quantitative estimate of drug-likeness (QED) is 0.156. The van der Waals surface area contributed by atoms with Crippen LogP contribution in [0.15, 0.2) is 194 Å². The van der Waals surface area contributed by atoms with Gasteiger partial charge in [-0.2, -0.15) is 24.3 Å². The van der Waals surface area contributed by atoms with Crippen LogP contribution in [0.3, 0.4) is 0 Å². The third-order valence-corrected chi connectivity index (χ3v) is 10.9. The first kappa shape index (κ1) is 35.8. The van der Waals surface area contributed by atoms with E-state index < -0.39 is 0 Å². The van der Waals surface area contributed by atoms with Gasteiger partial charge in [0.2, 0.25) is 0 Å². The van der Waals surface area contributed by atoms with Crippen molar-refractivity contribution in [2.75, 3.05) is 0 Å². The molecule has 2 heterocycles. The number of benzene rings is 9. The Hall–Kier alpha value is -6.64. The molecule has 2 aromatic heterocycles. The second-order valence-electron chi connectivity index (χ2n) is 14.3. The smallest absolute Gasteiger partial charge is 0.350 e. The molecule has 0 fully saturated rings. The second kappa shape index (κ2) is 15.0. The summed E-state index contributed by atoms with van der Waals surface area (Å²) in [5.74, 6) is 1.86. The van der Waals surface area contributed by atoms with Crippen LogP contribution in [0, 0.1) is 43.2 Å². The average molecular weight is 963 g/mol. The number of para-hydroxylation sites is 1. The average Bonchev–Trinajstić information content (AvgIpc) is 3.63. The molecule has 0 atom stereocenters. The molecule has 0 saturated carbocycles. The van der Waals surface area contributed by atoms with Crippen molar-refractivity contribution in [1.82, 2.24) is 19.5 Å². The van der Waals surface area contributed by atoms with Gasteiger partial charge >= 0.3 is 31.1 Å². The summed E-state index contributed by atoms with van der Waals surface area (Å²) in [5.41, 5.74) is 10.5.